The fraction of sp³-hybridized carbons (Fsp3) is 0.250. The van der Waals surface area contributed by atoms with Gasteiger partial charge in [0.15, 0.2) is 18.1 Å². The third kappa shape index (κ3) is 5.04. The zero-order valence-corrected chi connectivity index (χ0v) is 22.1. The van der Waals surface area contributed by atoms with Gasteiger partial charge in [0.2, 0.25) is 0 Å². The monoisotopic (exact) mass is 573 g/mol. The van der Waals surface area contributed by atoms with Gasteiger partial charge in [0, 0.05) is 24.7 Å². The Morgan fingerprint density at radius 2 is 1.82 bits per heavy atom. The lowest BCUT2D eigenvalue weighted by Gasteiger charge is -2.36. The molecular formula is C28H23ClF3N3O5. The van der Waals surface area contributed by atoms with Crippen molar-refractivity contribution >= 4 is 29.4 Å². The molecule has 2 aromatic carbocycles. The molecule has 1 amide bonds. The van der Waals surface area contributed by atoms with Crippen LogP contribution in [0.15, 0.2) is 54.7 Å². The second kappa shape index (κ2) is 10.7. The van der Waals surface area contributed by atoms with Gasteiger partial charge in [0.05, 0.1) is 42.2 Å². The van der Waals surface area contributed by atoms with Gasteiger partial charge in [-0.25, -0.2) is 4.98 Å². The maximum atomic E-state index is 13.6. The van der Waals surface area contributed by atoms with E-state index in [2.05, 4.69) is 4.98 Å². The highest BCUT2D eigenvalue weighted by Gasteiger charge is 2.37. The van der Waals surface area contributed by atoms with Crippen molar-refractivity contribution in [1.29, 1.82) is 0 Å². The number of hydrogen-bond donors (Lipinski definition) is 0. The summed E-state index contributed by atoms with van der Waals surface area (Å²) in [4.78, 5) is 30.7. The minimum absolute atomic E-state index is 0.123. The summed E-state index contributed by atoms with van der Waals surface area (Å²) in [5.41, 5.74) is 1.45. The van der Waals surface area contributed by atoms with E-state index in [0.29, 0.717) is 46.7 Å². The van der Waals surface area contributed by atoms with Crippen molar-refractivity contribution in [3.63, 3.8) is 0 Å². The van der Waals surface area contributed by atoms with Crippen LogP contribution in [-0.4, -0.2) is 53.8 Å². The molecule has 3 heterocycles. The largest absolute Gasteiger partial charge is 0.493 e. The summed E-state index contributed by atoms with van der Waals surface area (Å²) in [6, 6.07) is 10.9. The number of fused-ring (bicyclic) bond motifs is 3. The molecule has 0 spiro atoms. The first-order valence-corrected chi connectivity index (χ1v) is 12.5. The summed E-state index contributed by atoms with van der Waals surface area (Å²) in [5.74, 6) is 0.745. The molecule has 1 unspecified atom stereocenters. The first-order chi connectivity index (χ1) is 19.1. The summed E-state index contributed by atoms with van der Waals surface area (Å²) in [6.07, 6.45) is -2.24. The summed E-state index contributed by atoms with van der Waals surface area (Å²) in [6.45, 7) is -0.129. The van der Waals surface area contributed by atoms with E-state index in [4.69, 9.17) is 25.8 Å². The van der Waals surface area contributed by atoms with Crippen LogP contribution in [0.2, 0.25) is 5.02 Å². The Bertz CT molecular complexity index is 1600. The average molecular weight is 574 g/mol. The number of aromatic nitrogens is 2. The molecule has 1 aliphatic rings. The van der Waals surface area contributed by atoms with Crippen LogP contribution in [0.3, 0.4) is 0 Å². The van der Waals surface area contributed by atoms with Crippen LogP contribution in [-0.2, 0) is 17.4 Å². The van der Waals surface area contributed by atoms with Gasteiger partial charge in [0.25, 0.3) is 5.91 Å². The van der Waals surface area contributed by atoms with E-state index in [9.17, 15) is 22.8 Å². The maximum absolute atomic E-state index is 13.6. The van der Waals surface area contributed by atoms with E-state index in [0.717, 1.165) is 12.1 Å². The van der Waals surface area contributed by atoms with E-state index in [1.807, 2.05) is 0 Å². The molecule has 208 valence electrons. The predicted molar refractivity (Wildman–Crippen MR) is 139 cm³/mol. The van der Waals surface area contributed by atoms with Crippen LogP contribution >= 0.6 is 11.6 Å². The van der Waals surface area contributed by atoms with E-state index < -0.39 is 17.8 Å². The van der Waals surface area contributed by atoms with Gasteiger partial charge in [-0.3, -0.25) is 9.59 Å². The second-order valence-corrected chi connectivity index (χ2v) is 9.44. The van der Waals surface area contributed by atoms with Crippen molar-refractivity contribution < 1.29 is 37.0 Å². The van der Waals surface area contributed by atoms with Gasteiger partial charge in [-0.2, -0.15) is 13.2 Å². The van der Waals surface area contributed by atoms with Crippen LogP contribution in [0.4, 0.5) is 13.2 Å². The Morgan fingerprint density at radius 1 is 1.07 bits per heavy atom. The lowest BCUT2D eigenvalue weighted by molar-refractivity contribution is -0.137. The van der Waals surface area contributed by atoms with E-state index >= 15 is 0 Å². The third-order valence-corrected chi connectivity index (χ3v) is 7.01. The highest BCUT2D eigenvalue weighted by molar-refractivity contribution is 6.32. The number of aldehydes is 1. The number of nitrogens with zero attached hydrogens (tertiary/aromatic N) is 3. The number of amides is 1. The second-order valence-electron chi connectivity index (χ2n) is 9.04. The number of ether oxygens (including phenoxy) is 3. The van der Waals surface area contributed by atoms with Gasteiger partial charge in [-0.1, -0.05) is 17.7 Å². The number of alkyl halides is 3. The topological polar surface area (TPSA) is 82.4 Å². The van der Waals surface area contributed by atoms with Crippen LogP contribution < -0.4 is 14.2 Å². The molecule has 1 aliphatic heterocycles. The first-order valence-electron chi connectivity index (χ1n) is 12.1. The number of imidazole rings is 1. The van der Waals surface area contributed by atoms with Gasteiger partial charge >= 0.3 is 6.18 Å². The van der Waals surface area contributed by atoms with Gasteiger partial charge < -0.3 is 23.5 Å². The van der Waals surface area contributed by atoms with Crippen LogP contribution in [0.1, 0.15) is 38.9 Å². The van der Waals surface area contributed by atoms with Crippen LogP contribution in [0.5, 0.6) is 17.2 Å². The molecule has 4 aromatic rings. The number of methoxy groups -OCH3 is 2. The average Bonchev–Trinajstić information content (AvgIpc) is 3.33. The van der Waals surface area contributed by atoms with Crippen LogP contribution in [0.25, 0.3) is 5.65 Å². The molecule has 0 aliphatic carbocycles. The zero-order chi connectivity index (χ0) is 28.6. The van der Waals surface area contributed by atoms with E-state index in [1.165, 1.54) is 38.6 Å². The molecule has 0 radical (unpaired) electrons. The molecule has 0 bridgehead atoms. The molecule has 8 nitrogen and oxygen atoms in total. The standard InChI is InChI=1S/C28H23ClF3N3O5/c1-38-22-6-4-17(12-23(22)39-2)26-27-20(33-24-13-18(28(30,31)32)7-9-34(24)27)8-10-35(26)25(37)15-40-21-5-3-16(14-36)11-19(21)29/h3-7,9,11-14,26H,8,10,15H2,1-2H3. The Hall–Kier alpha value is -4.25. The van der Waals surface area contributed by atoms with E-state index in [1.54, 1.807) is 27.5 Å². The molecule has 0 saturated heterocycles. The van der Waals surface area contributed by atoms with Crippen molar-refractivity contribution in [2.24, 2.45) is 0 Å². The molecule has 0 N–H and O–H groups in total. The number of carbonyl (C=O) groups is 2. The van der Waals surface area contributed by atoms with Gasteiger partial charge in [-0.05, 0) is 48.0 Å². The highest BCUT2D eigenvalue weighted by atomic mass is 35.5. The van der Waals surface area contributed by atoms with Crippen molar-refractivity contribution in [1.82, 2.24) is 14.3 Å². The molecule has 5 rings (SSSR count). The molecule has 12 heteroatoms. The summed E-state index contributed by atoms with van der Waals surface area (Å²) < 4.78 is 58.3. The summed E-state index contributed by atoms with van der Waals surface area (Å²) in [5, 5.41) is 0.178. The lowest BCUT2D eigenvalue weighted by atomic mass is 9.95. The SMILES string of the molecule is COc1ccc(C2c3c(nc4cc(C(F)(F)F)ccn34)CCN2C(=O)COc2ccc(C=O)cc2Cl)cc1OC. The quantitative estimate of drug-likeness (QED) is 0.276. The highest BCUT2D eigenvalue weighted by Crippen LogP contribution is 2.40. The van der Waals surface area contributed by atoms with Crippen molar-refractivity contribution in [2.45, 2.75) is 18.6 Å². The Morgan fingerprint density at radius 3 is 2.50 bits per heavy atom. The molecular weight excluding hydrogens is 551 g/mol. The third-order valence-electron chi connectivity index (χ3n) is 6.71. The van der Waals surface area contributed by atoms with E-state index in [-0.39, 0.29) is 35.5 Å². The minimum Gasteiger partial charge on any atom is -0.493 e. The zero-order valence-electron chi connectivity index (χ0n) is 21.4. The molecule has 1 atom stereocenters. The number of rotatable bonds is 7. The Labute approximate surface area is 231 Å². The number of pyridine rings is 1. The smallest absolute Gasteiger partial charge is 0.416 e. The number of halogens is 4. The van der Waals surface area contributed by atoms with Gasteiger partial charge in [-0.15, -0.1) is 0 Å². The normalized spacial score (nSPS) is 15.1. The Kier molecular flexibility index (Phi) is 7.33. The molecule has 40 heavy (non-hydrogen) atoms. The fourth-order valence-electron chi connectivity index (χ4n) is 4.82. The van der Waals surface area contributed by atoms with Crippen LogP contribution in [0, 0.1) is 0 Å². The first kappa shape index (κ1) is 27.3. The molecule has 2 aromatic heterocycles. The summed E-state index contributed by atoms with van der Waals surface area (Å²) >= 11 is 6.20. The van der Waals surface area contributed by atoms with Gasteiger partial charge in [0.1, 0.15) is 17.7 Å². The number of benzene rings is 2. The van der Waals surface area contributed by atoms with Crippen molar-refractivity contribution in [2.75, 3.05) is 27.4 Å². The maximum Gasteiger partial charge on any atom is 0.416 e. The number of carbonyl (C=O) groups excluding carboxylic acids is 2. The molecule has 0 saturated carbocycles. The minimum atomic E-state index is -4.53. The number of hydrogen-bond acceptors (Lipinski definition) is 6. The Balaban J connectivity index is 1.56. The fourth-order valence-corrected chi connectivity index (χ4v) is 5.07. The predicted octanol–water partition coefficient (Wildman–Crippen LogP) is 5.39. The summed E-state index contributed by atoms with van der Waals surface area (Å²) in [7, 11) is 2.98. The van der Waals surface area contributed by atoms with Crippen molar-refractivity contribution in [3.05, 3.63) is 87.8 Å². The van der Waals surface area contributed by atoms with Crippen molar-refractivity contribution in [3.8, 4) is 17.2 Å². The molecule has 0 fully saturated rings. The lowest BCUT2D eigenvalue weighted by Crippen LogP contribution is -2.43.